The Morgan fingerprint density at radius 1 is 0.906 bits per heavy atom. The van der Waals surface area contributed by atoms with Crippen LogP contribution in [0.15, 0.2) is 66.7 Å². The monoisotopic (exact) mass is 426 g/mol. The molecule has 32 heavy (non-hydrogen) atoms. The number of nitrogens with one attached hydrogen (secondary N) is 1. The van der Waals surface area contributed by atoms with E-state index in [1.54, 1.807) is 4.90 Å². The molecule has 1 unspecified atom stereocenters. The molecule has 0 aromatic heterocycles. The summed E-state index contributed by atoms with van der Waals surface area (Å²) in [4.78, 5) is 28.5. The van der Waals surface area contributed by atoms with Gasteiger partial charge >= 0.3 is 0 Å². The Labute approximate surface area is 190 Å². The highest BCUT2D eigenvalue weighted by molar-refractivity contribution is 6.17. The molecule has 1 aliphatic rings. The van der Waals surface area contributed by atoms with Gasteiger partial charge in [0.05, 0.1) is 6.42 Å². The van der Waals surface area contributed by atoms with Gasteiger partial charge in [-0.15, -0.1) is 0 Å². The Bertz CT molecular complexity index is 1140. The van der Waals surface area contributed by atoms with Crippen molar-refractivity contribution in [1.29, 1.82) is 0 Å². The average molecular weight is 427 g/mol. The minimum absolute atomic E-state index is 0.0570. The fourth-order valence-corrected chi connectivity index (χ4v) is 4.47. The SMILES string of the molecule is Cc1ccc(N2C(=O)CC2(C(=O)Nc2c(C)cccc2C)c2ccc(C(C)C)cc2)cc1. The number of benzene rings is 3. The van der Waals surface area contributed by atoms with Crippen molar-refractivity contribution in [2.45, 2.75) is 52.5 Å². The standard InChI is InChI=1S/C28H30N2O2/c1-18(2)22-11-13-23(14-12-22)28(27(32)29-26-20(4)7-6-8-21(26)5)17-25(31)30(28)24-15-9-19(3)10-16-24/h6-16,18H,17H2,1-5H3,(H,29,32). The lowest BCUT2D eigenvalue weighted by Gasteiger charge is -2.50. The number of carbonyl (C=O) groups excluding carboxylic acids is 2. The van der Waals surface area contributed by atoms with Crippen molar-refractivity contribution in [3.63, 3.8) is 0 Å². The zero-order valence-corrected chi connectivity index (χ0v) is 19.4. The van der Waals surface area contributed by atoms with Crippen molar-refractivity contribution in [2.24, 2.45) is 0 Å². The molecule has 1 heterocycles. The molecule has 0 radical (unpaired) electrons. The van der Waals surface area contributed by atoms with Gasteiger partial charge in [0, 0.05) is 11.4 Å². The predicted molar refractivity (Wildman–Crippen MR) is 130 cm³/mol. The molecule has 0 spiro atoms. The largest absolute Gasteiger partial charge is 0.323 e. The molecule has 1 fully saturated rings. The Morgan fingerprint density at radius 3 is 2.03 bits per heavy atom. The third-order valence-corrected chi connectivity index (χ3v) is 6.48. The first-order chi connectivity index (χ1) is 15.2. The van der Waals surface area contributed by atoms with Crippen LogP contribution in [0.3, 0.4) is 0 Å². The summed E-state index contributed by atoms with van der Waals surface area (Å²) in [7, 11) is 0. The maximum absolute atomic E-state index is 13.9. The van der Waals surface area contributed by atoms with Crippen molar-refractivity contribution < 1.29 is 9.59 Å². The van der Waals surface area contributed by atoms with Crippen molar-refractivity contribution in [2.75, 3.05) is 10.2 Å². The average Bonchev–Trinajstić information content (AvgIpc) is 2.76. The molecule has 1 N–H and O–H groups in total. The van der Waals surface area contributed by atoms with Crippen LogP contribution < -0.4 is 10.2 Å². The van der Waals surface area contributed by atoms with E-state index in [9.17, 15) is 9.59 Å². The molecule has 0 aliphatic carbocycles. The lowest BCUT2D eigenvalue weighted by Crippen LogP contribution is -2.67. The van der Waals surface area contributed by atoms with E-state index in [-0.39, 0.29) is 18.2 Å². The van der Waals surface area contributed by atoms with Gasteiger partial charge in [-0.25, -0.2) is 0 Å². The second kappa shape index (κ2) is 8.27. The molecular formula is C28H30N2O2. The molecule has 1 saturated heterocycles. The van der Waals surface area contributed by atoms with Crippen molar-refractivity contribution in [3.05, 3.63) is 94.5 Å². The maximum Gasteiger partial charge on any atom is 0.255 e. The van der Waals surface area contributed by atoms with Gasteiger partial charge in [0.2, 0.25) is 5.91 Å². The number of amides is 2. The summed E-state index contributed by atoms with van der Waals surface area (Å²) in [6.07, 6.45) is 0.138. The molecule has 3 aromatic carbocycles. The van der Waals surface area contributed by atoms with E-state index in [1.165, 1.54) is 5.56 Å². The molecular weight excluding hydrogens is 396 g/mol. The fourth-order valence-electron chi connectivity index (χ4n) is 4.47. The summed E-state index contributed by atoms with van der Waals surface area (Å²) in [6.45, 7) is 10.3. The van der Waals surface area contributed by atoms with Crippen LogP contribution in [0, 0.1) is 20.8 Å². The second-order valence-corrected chi connectivity index (χ2v) is 9.10. The number of para-hydroxylation sites is 1. The molecule has 4 nitrogen and oxygen atoms in total. The quantitative estimate of drug-likeness (QED) is 0.508. The van der Waals surface area contributed by atoms with Crippen LogP contribution in [0.5, 0.6) is 0 Å². The minimum atomic E-state index is -1.09. The summed E-state index contributed by atoms with van der Waals surface area (Å²) in [5, 5.41) is 3.16. The lowest BCUT2D eigenvalue weighted by atomic mass is 9.75. The Balaban J connectivity index is 1.82. The van der Waals surface area contributed by atoms with Gasteiger partial charge in [0.15, 0.2) is 5.54 Å². The second-order valence-electron chi connectivity index (χ2n) is 9.10. The molecule has 1 atom stereocenters. The molecule has 164 valence electrons. The molecule has 0 saturated carbocycles. The number of rotatable bonds is 5. The number of nitrogens with zero attached hydrogens (tertiary/aromatic N) is 1. The van der Waals surface area contributed by atoms with Crippen molar-refractivity contribution in [3.8, 4) is 0 Å². The summed E-state index contributed by atoms with van der Waals surface area (Å²) in [6, 6.07) is 21.8. The molecule has 0 bridgehead atoms. The predicted octanol–water partition coefficient (Wildman–Crippen LogP) is 6.01. The number of hydrogen-bond acceptors (Lipinski definition) is 2. The van der Waals surface area contributed by atoms with Gasteiger partial charge in [-0.05, 0) is 61.1 Å². The van der Waals surface area contributed by atoms with E-state index < -0.39 is 5.54 Å². The Morgan fingerprint density at radius 2 is 1.50 bits per heavy atom. The Kier molecular flexibility index (Phi) is 5.64. The molecule has 2 amide bonds. The van der Waals surface area contributed by atoms with Crippen LogP contribution in [0.4, 0.5) is 11.4 Å². The summed E-state index contributed by atoms with van der Waals surface area (Å²) in [5.41, 5.74) is 5.57. The number of carbonyl (C=O) groups is 2. The highest BCUT2D eigenvalue weighted by Crippen LogP contribution is 2.46. The van der Waals surface area contributed by atoms with E-state index in [2.05, 4.69) is 31.3 Å². The van der Waals surface area contributed by atoms with Gasteiger partial charge in [-0.2, -0.15) is 0 Å². The first kappa shape index (κ1) is 21.8. The number of aryl methyl sites for hydroxylation is 3. The van der Waals surface area contributed by atoms with Crippen LogP contribution in [-0.2, 0) is 15.1 Å². The maximum atomic E-state index is 13.9. The van der Waals surface area contributed by atoms with E-state index in [0.717, 1.165) is 33.6 Å². The number of anilines is 2. The molecule has 1 aliphatic heterocycles. The zero-order valence-electron chi connectivity index (χ0n) is 19.4. The highest BCUT2D eigenvalue weighted by Gasteiger charge is 2.58. The van der Waals surface area contributed by atoms with Crippen LogP contribution in [0.25, 0.3) is 0 Å². The molecule has 4 rings (SSSR count). The zero-order chi connectivity index (χ0) is 23.0. The van der Waals surface area contributed by atoms with Gasteiger partial charge in [-0.1, -0.05) is 74.0 Å². The van der Waals surface area contributed by atoms with Crippen LogP contribution in [-0.4, -0.2) is 11.8 Å². The van der Waals surface area contributed by atoms with Crippen molar-refractivity contribution in [1.82, 2.24) is 0 Å². The van der Waals surface area contributed by atoms with Crippen LogP contribution in [0.2, 0.25) is 0 Å². The van der Waals surface area contributed by atoms with Gasteiger partial charge in [0.25, 0.3) is 5.91 Å². The van der Waals surface area contributed by atoms with E-state index in [4.69, 9.17) is 0 Å². The molecule has 4 heteroatoms. The Hall–Kier alpha value is -3.40. The van der Waals surface area contributed by atoms with E-state index in [0.29, 0.717) is 5.92 Å². The molecule has 3 aromatic rings. The smallest absolute Gasteiger partial charge is 0.255 e. The summed E-state index contributed by atoms with van der Waals surface area (Å²) < 4.78 is 0. The summed E-state index contributed by atoms with van der Waals surface area (Å²) >= 11 is 0. The normalized spacial score (nSPS) is 17.9. The number of β-lactam (4-membered cyclic amide) rings is 1. The van der Waals surface area contributed by atoms with Crippen LogP contribution >= 0.6 is 0 Å². The van der Waals surface area contributed by atoms with Crippen LogP contribution in [0.1, 0.15) is 54.0 Å². The third kappa shape index (κ3) is 3.60. The van der Waals surface area contributed by atoms with E-state index in [1.807, 2.05) is 75.4 Å². The van der Waals surface area contributed by atoms with Gasteiger partial charge in [0.1, 0.15) is 0 Å². The lowest BCUT2D eigenvalue weighted by molar-refractivity contribution is -0.137. The van der Waals surface area contributed by atoms with Gasteiger partial charge in [-0.3, -0.25) is 14.5 Å². The summed E-state index contributed by atoms with van der Waals surface area (Å²) in [5.74, 6) is 0.144. The van der Waals surface area contributed by atoms with E-state index >= 15 is 0 Å². The highest BCUT2D eigenvalue weighted by atomic mass is 16.2. The van der Waals surface area contributed by atoms with Crippen molar-refractivity contribution >= 4 is 23.2 Å². The number of hydrogen-bond donors (Lipinski definition) is 1. The topological polar surface area (TPSA) is 49.4 Å². The minimum Gasteiger partial charge on any atom is -0.323 e. The first-order valence-electron chi connectivity index (χ1n) is 11.1. The third-order valence-electron chi connectivity index (χ3n) is 6.48. The van der Waals surface area contributed by atoms with Gasteiger partial charge < -0.3 is 5.32 Å². The first-order valence-corrected chi connectivity index (χ1v) is 11.1. The fraction of sp³-hybridized carbons (Fsp3) is 0.286.